The maximum absolute atomic E-state index is 9.97. The molecule has 0 saturated carbocycles. The number of aliphatic hydroxyl groups excluding tert-OH is 1. The minimum Gasteiger partial charge on any atom is -0.387 e. The molecule has 0 aliphatic rings. The fourth-order valence-corrected chi connectivity index (χ4v) is 1.58. The van der Waals surface area contributed by atoms with Crippen LogP contribution >= 0.6 is 0 Å². The summed E-state index contributed by atoms with van der Waals surface area (Å²) >= 11 is 0. The van der Waals surface area contributed by atoms with Crippen LogP contribution in [-0.4, -0.2) is 20.1 Å². The van der Waals surface area contributed by atoms with E-state index in [0.29, 0.717) is 11.8 Å². The lowest BCUT2D eigenvalue weighted by molar-refractivity contribution is 0.139. The Morgan fingerprint density at radius 2 is 1.93 bits per heavy atom. The van der Waals surface area contributed by atoms with Gasteiger partial charge in [0.2, 0.25) is 0 Å². The van der Waals surface area contributed by atoms with Gasteiger partial charge in [0.15, 0.2) is 0 Å². The number of rotatable bonds is 5. The smallest absolute Gasteiger partial charge is 0.0975 e. The SMILES string of the molecule is CC(C)CC(O)c1cnnn1CC(C)C. The van der Waals surface area contributed by atoms with Gasteiger partial charge < -0.3 is 5.11 Å². The molecule has 0 spiro atoms. The molecule has 1 aromatic rings. The summed E-state index contributed by atoms with van der Waals surface area (Å²) in [5.41, 5.74) is 0.831. The Kier molecular flexibility index (Phi) is 4.27. The van der Waals surface area contributed by atoms with E-state index in [-0.39, 0.29) is 0 Å². The minimum atomic E-state index is -0.446. The summed E-state index contributed by atoms with van der Waals surface area (Å²) < 4.78 is 1.80. The third-order valence-corrected chi connectivity index (χ3v) is 2.22. The van der Waals surface area contributed by atoms with Gasteiger partial charge in [-0.2, -0.15) is 0 Å². The van der Waals surface area contributed by atoms with Crippen LogP contribution in [0.15, 0.2) is 6.20 Å². The van der Waals surface area contributed by atoms with E-state index in [0.717, 1.165) is 18.7 Å². The Balaban J connectivity index is 2.71. The summed E-state index contributed by atoms with van der Waals surface area (Å²) in [6.45, 7) is 9.25. The van der Waals surface area contributed by atoms with Crippen LogP contribution in [0.2, 0.25) is 0 Å². The van der Waals surface area contributed by atoms with Crippen LogP contribution in [0.4, 0.5) is 0 Å². The van der Waals surface area contributed by atoms with Crippen molar-refractivity contribution in [3.05, 3.63) is 11.9 Å². The van der Waals surface area contributed by atoms with Gasteiger partial charge >= 0.3 is 0 Å². The van der Waals surface area contributed by atoms with E-state index in [1.807, 2.05) is 0 Å². The lowest BCUT2D eigenvalue weighted by Gasteiger charge is -2.15. The predicted molar refractivity (Wildman–Crippen MR) is 59.3 cm³/mol. The van der Waals surface area contributed by atoms with Crippen molar-refractivity contribution < 1.29 is 5.11 Å². The van der Waals surface area contributed by atoms with E-state index in [2.05, 4.69) is 38.0 Å². The molecule has 0 amide bonds. The zero-order valence-corrected chi connectivity index (χ0v) is 10.0. The van der Waals surface area contributed by atoms with Crippen molar-refractivity contribution in [1.29, 1.82) is 0 Å². The van der Waals surface area contributed by atoms with Gasteiger partial charge in [-0.3, -0.25) is 0 Å². The van der Waals surface area contributed by atoms with Crippen molar-refractivity contribution in [2.75, 3.05) is 0 Å². The maximum Gasteiger partial charge on any atom is 0.0975 e. The monoisotopic (exact) mass is 211 g/mol. The highest BCUT2D eigenvalue weighted by molar-refractivity contribution is 4.99. The Labute approximate surface area is 91.3 Å². The van der Waals surface area contributed by atoms with Gasteiger partial charge in [-0.25, -0.2) is 4.68 Å². The molecule has 0 fully saturated rings. The first-order valence-corrected chi connectivity index (χ1v) is 5.57. The molecule has 0 aromatic carbocycles. The van der Waals surface area contributed by atoms with Crippen LogP contribution in [0.25, 0.3) is 0 Å². The molecule has 4 nitrogen and oxygen atoms in total. The predicted octanol–water partition coefficient (Wildman–Crippen LogP) is 2.01. The molecule has 0 aliphatic heterocycles. The Bertz CT molecular complexity index is 294. The zero-order valence-electron chi connectivity index (χ0n) is 10.0. The first-order chi connectivity index (χ1) is 7.00. The standard InChI is InChI=1S/C11H21N3O/c1-8(2)5-11(15)10-6-12-13-14(10)7-9(3)4/h6,8-9,11,15H,5,7H2,1-4H3. The average molecular weight is 211 g/mol. The minimum absolute atomic E-state index is 0.446. The molecule has 4 heteroatoms. The quantitative estimate of drug-likeness (QED) is 0.810. The number of hydrogen-bond acceptors (Lipinski definition) is 3. The van der Waals surface area contributed by atoms with E-state index < -0.39 is 6.10 Å². The van der Waals surface area contributed by atoms with Gasteiger partial charge in [-0.1, -0.05) is 32.9 Å². The van der Waals surface area contributed by atoms with Gasteiger partial charge in [0.05, 0.1) is 18.0 Å². The lowest BCUT2D eigenvalue weighted by Crippen LogP contribution is -2.13. The maximum atomic E-state index is 9.97. The second-order valence-electron chi connectivity index (χ2n) is 4.88. The molecule has 86 valence electrons. The van der Waals surface area contributed by atoms with Gasteiger partial charge in [0.25, 0.3) is 0 Å². The summed E-state index contributed by atoms with van der Waals surface area (Å²) in [5.74, 6) is 0.985. The molecule has 0 bridgehead atoms. The van der Waals surface area contributed by atoms with Crippen molar-refractivity contribution in [3.8, 4) is 0 Å². The van der Waals surface area contributed by atoms with E-state index in [1.165, 1.54) is 0 Å². The fraction of sp³-hybridized carbons (Fsp3) is 0.818. The highest BCUT2D eigenvalue weighted by atomic mass is 16.3. The van der Waals surface area contributed by atoms with E-state index in [1.54, 1.807) is 10.9 Å². The number of nitrogens with zero attached hydrogens (tertiary/aromatic N) is 3. The fourth-order valence-electron chi connectivity index (χ4n) is 1.58. The topological polar surface area (TPSA) is 50.9 Å². The van der Waals surface area contributed by atoms with Crippen LogP contribution in [0.3, 0.4) is 0 Å². The van der Waals surface area contributed by atoms with E-state index in [4.69, 9.17) is 0 Å². The molecular weight excluding hydrogens is 190 g/mol. The van der Waals surface area contributed by atoms with Crippen LogP contribution in [-0.2, 0) is 6.54 Å². The van der Waals surface area contributed by atoms with Crippen molar-refractivity contribution in [2.24, 2.45) is 11.8 Å². The van der Waals surface area contributed by atoms with Gasteiger partial charge in [0, 0.05) is 6.54 Å². The first-order valence-electron chi connectivity index (χ1n) is 5.57. The van der Waals surface area contributed by atoms with Crippen LogP contribution < -0.4 is 0 Å². The van der Waals surface area contributed by atoms with Crippen molar-refractivity contribution in [2.45, 2.75) is 46.8 Å². The van der Waals surface area contributed by atoms with E-state index in [9.17, 15) is 5.11 Å². The summed E-state index contributed by atoms with van der Waals surface area (Å²) in [6.07, 6.45) is 1.97. The molecule has 1 unspecified atom stereocenters. The molecular formula is C11H21N3O. The molecule has 0 aliphatic carbocycles. The second-order valence-corrected chi connectivity index (χ2v) is 4.88. The summed E-state index contributed by atoms with van der Waals surface area (Å²) in [4.78, 5) is 0. The Morgan fingerprint density at radius 3 is 2.47 bits per heavy atom. The molecule has 1 aromatic heterocycles. The molecule has 15 heavy (non-hydrogen) atoms. The summed E-state index contributed by atoms with van der Waals surface area (Å²) in [5, 5.41) is 17.8. The van der Waals surface area contributed by atoms with E-state index >= 15 is 0 Å². The highest BCUT2D eigenvalue weighted by Crippen LogP contribution is 2.20. The second kappa shape index (κ2) is 5.26. The summed E-state index contributed by atoms with van der Waals surface area (Å²) in [6, 6.07) is 0. The van der Waals surface area contributed by atoms with Crippen molar-refractivity contribution in [1.82, 2.24) is 15.0 Å². The van der Waals surface area contributed by atoms with Gasteiger partial charge in [-0.15, -0.1) is 5.10 Å². The highest BCUT2D eigenvalue weighted by Gasteiger charge is 2.15. The number of aromatic nitrogens is 3. The summed E-state index contributed by atoms with van der Waals surface area (Å²) in [7, 11) is 0. The zero-order chi connectivity index (χ0) is 11.4. The van der Waals surface area contributed by atoms with Gasteiger partial charge in [-0.05, 0) is 18.3 Å². The molecule has 1 heterocycles. The third kappa shape index (κ3) is 3.63. The number of hydrogen-bond donors (Lipinski definition) is 1. The largest absolute Gasteiger partial charge is 0.387 e. The molecule has 1 rings (SSSR count). The molecule has 1 atom stereocenters. The normalized spacial score (nSPS) is 13.8. The van der Waals surface area contributed by atoms with Crippen LogP contribution in [0, 0.1) is 11.8 Å². The van der Waals surface area contributed by atoms with Crippen molar-refractivity contribution >= 4 is 0 Å². The molecule has 1 N–H and O–H groups in total. The first kappa shape index (κ1) is 12.2. The Morgan fingerprint density at radius 1 is 1.27 bits per heavy atom. The van der Waals surface area contributed by atoms with Gasteiger partial charge in [0.1, 0.15) is 0 Å². The number of aliphatic hydroxyl groups is 1. The lowest BCUT2D eigenvalue weighted by atomic mass is 10.0. The van der Waals surface area contributed by atoms with Crippen molar-refractivity contribution in [3.63, 3.8) is 0 Å². The Hall–Kier alpha value is -0.900. The average Bonchev–Trinajstić information content (AvgIpc) is 2.49. The van der Waals surface area contributed by atoms with Crippen LogP contribution in [0.5, 0.6) is 0 Å². The molecule has 0 radical (unpaired) electrons. The third-order valence-electron chi connectivity index (χ3n) is 2.22. The van der Waals surface area contributed by atoms with Crippen LogP contribution in [0.1, 0.15) is 45.9 Å². The molecule has 0 saturated heterocycles.